The molecule has 1 aliphatic rings. The van der Waals surface area contributed by atoms with Crippen LogP contribution in [0, 0.1) is 18.7 Å². The van der Waals surface area contributed by atoms with Crippen molar-refractivity contribution in [3.8, 4) is 0 Å². The van der Waals surface area contributed by atoms with Crippen LogP contribution in [0.5, 0.6) is 0 Å². The lowest BCUT2D eigenvalue weighted by Gasteiger charge is -2.35. The van der Waals surface area contributed by atoms with Crippen molar-refractivity contribution in [1.82, 2.24) is 9.80 Å². The van der Waals surface area contributed by atoms with Crippen molar-refractivity contribution < 1.29 is 9.18 Å². The van der Waals surface area contributed by atoms with Crippen molar-refractivity contribution in [2.45, 2.75) is 20.8 Å². The van der Waals surface area contributed by atoms with Crippen molar-refractivity contribution in [2.75, 3.05) is 32.7 Å². The number of hydrogen-bond acceptors (Lipinski definition) is 3. The third kappa shape index (κ3) is 3.40. The largest absolute Gasteiger partial charge is 0.335 e. The highest BCUT2D eigenvalue weighted by molar-refractivity contribution is 7.21. The average molecular weight is 334 g/mol. The topological polar surface area (TPSA) is 23.6 Å². The van der Waals surface area contributed by atoms with Crippen LogP contribution in [0.2, 0.25) is 0 Å². The number of nitrogens with zero attached hydrogens (tertiary/aromatic N) is 2. The fourth-order valence-corrected chi connectivity index (χ4v) is 4.35. The standard InChI is InChI=1S/C18H23FN2OS/c1-12(2)11-20-6-8-21(9-7-20)18(22)17-13(3)15-10-14(19)4-5-16(15)23-17/h4-5,10,12H,6-9,11H2,1-3H3. The maximum Gasteiger partial charge on any atom is 0.264 e. The first-order valence-electron chi connectivity index (χ1n) is 8.16. The van der Waals surface area contributed by atoms with Gasteiger partial charge in [-0.15, -0.1) is 11.3 Å². The van der Waals surface area contributed by atoms with E-state index in [9.17, 15) is 9.18 Å². The van der Waals surface area contributed by atoms with Crippen LogP contribution < -0.4 is 0 Å². The number of piperazine rings is 1. The number of fused-ring (bicyclic) bond motifs is 1. The van der Waals surface area contributed by atoms with Crippen LogP contribution in [-0.2, 0) is 0 Å². The molecule has 0 radical (unpaired) electrons. The fourth-order valence-electron chi connectivity index (χ4n) is 3.19. The first-order chi connectivity index (χ1) is 11.0. The maximum atomic E-state index is 13.4. The minimum atomic E-state index is -0.250. The van der Waals surface area contributed by atoms with E-state index in [1.807, 2.05) is 11.8 Å². The third-order valence-corrected chi connectivity index (χ3v) is 5.64. The molecule has 0 aliphatic carbocycles. The van der Waals surface area contributed by atoms with Crippen molar-refractivity contribution in [3.63, 3.8) is 0 Å². The molecule has 2 heterocycles. The molecular weight excluding hydrogens is 311 g/mol. The molecule has 1 aliphatic heterocycles. The van der Waals surface area contributed by atoms with Gasteiger partial charge in [0.05, 0.1) is 4.88 Å². The molecule has 1 saturated heterocycles. The van der Waals surface area contributed by atoms with Crippen LogP contribution in [0.1, 0.15) is 29.1 Å². The predicted octanol–water partition coefficient (Wildman–Crippen LogP) is 3.76. The van der Waals surface area contributed by atoms with Gasteiger partial charge in [-0.25, -0.2) is 4.39 Å². The van der Waals surface area contributed by atoms with Gasteiger partial charge in [0.2, 0.25) is 0 Å². The van der Waals surface area contributed by atoms with Gasteiger partial charge in [-0.2, -0.15) is 0 Å². The smallest absolute Gasteiger partial charge is 0.264 e. The van der Waals surface area contributed by atoms with E-state index < -0.39 is 0 Å². The summed E-state index contributed by atoms with van der Waals surface area (Å²) >= 11 is 1.47. The number of aryl methyl sites for hydroxylation is 1. The summed E-state index contributed by atoms with van der Waals surface area (Å²) in [6.07, 6.45) is 0. The first kappa shape index (κ1) is 16.4. The number of carbonyl (C=O) groups excluding carboxylic acids is 1. The predicted molar refractivity (Wildman–Crippen MR) is 93.7 cm³/mol. The maximum absolute atomic E-state index is 13.4. The molecule has 1 amide bonds. The molecule has 5 heteroatoms. The van der Waals surface area contributed by atoms with Gasteiger partial charge in [0.1, 0.15) is 5.82 Å². The van der Waals surface area contributed by atoms with Crippen LogP contribution in [0.25, 0.3) is 10.1 Å². The van der Waals surface area contributed by atoms with Gasteiger partial charge < -0.3 is 4.90 Å². The summed E-state index contributed by atoms with van der Waals surface area (Å²) < 4.78 is 14.4. The summed E-state index contributed by atoms with van der Waals surface area (Å²) in [5.41, 5.74) is 0.902. The Labute approximate surface area is 140 Å². The second-order valence-electron chi connectivity index (χ2n) is 6.68. The third-order valence-electron chi connectivity index (χ3n) is 4.38. The van der Waals surface area contributed by atoms with E-state index in [1.165, 1.54) is 23.5 Å². The number of amides is 1. The number of benzene rings is 1. The van der Waals surface area contributed by atoms with Gasteiger partial charge in [-0.1, -0.05) is 13.8 Å². The fraction of sp³-hybridized carbons (Fsp3) is 0.500. The number of rotatable bonds is 3. The molecule has 0 spiro atoms. The monoisotopic (exact) mass is 334 g/mol. The van der Waals surface area contributed by atoms with Gasteiger partial charge in [0.15, 0.2) is 0 Å². The van der Waals surface area contributed by atoms with E-state index >= 15 is 0 Å². The summed E-state index contributed by atoms with van der Waals surface area (Å²) in [6, 6.07) is 4.75. The Morgan fingerprint density at radius 2 is 1.96 bits per heavy atom. The van der Waals surface area contributed by atoms with Crippen LogP contribution in [0.3, 0.4) is 0 Å². The number of halogens is 1. The zero-order valence-corrected chi connectivity index (χ0v) is 14.8. The summed E-state index contributed by atoms with van der Waals surface area (Å²) in [7, 11) is 0. The van der Waals surface area contributed by atoms with Crippen LogP contribution in [-0.4, -0.2) is 48.4 Å². The Morgan fingerprint density at radius 1 is 1.26 bits per heavy atom. The zero-order valence-electron chi connectivity index (χ0n) is 13.9. The minimum Gasteiger partial charge on any atom is -0.335 e. The summed E-state index contributed by atoms with van der Waals surface area (Å²) in [6.45, 7) is 10.9. The van der Waals surface area contributed by atoms with E-state index in [0.29, 0.717) is 5.92 Å². The van der Waals surface area contributed by atoms with Crippen molar-refractivity contribution in [3.05, 3.63) is 34.5 Å². The average Bonchev–Trinajstić information content (AvgIpc) is 2.84. The van der Waals surface area contributed by atoms with E-state index in [4.69, 9.17) is 0 Å². The van der Waals surface area contributed by atoms with E-state index in [-0.39, 0.29) is 11.7 Å². The lowest BCUT2D eigenvalue weighted by molar-refractivity contribution is 0.0628. The molecule has 0 bridgehead atoms. The molecule has 0 atom stereocenters. The zero-order chi connectivity index (χ0) is 16.6. The van der Waals surface area contributed by atoms with Gasteiger partial charge in [-0.05, 0) is 42.0 Å². The molecule has 23 heavy (non-hydrogen) atoms. The van der Waals surface area contributed by atoms with Crippen LogP contribution >= 0.6 is 11.3 Å². The van der Waals surface area contributed by atoms with Gasteiger partial charge in [0.25, 0.3) is 5.91 Å². The normalized spacial score (nSPS) is 16.5. The van der Waals surface area contributed by atoms with Crippen molar-refractivity contribution in [2.24, 2.45) is 5.92 Å². The first-order valence-corrected chi connectivity index (χ1v) is 8.97. The highest BCUT2D eigenvalue weighted by Gasteiger charge is 2.25. The molecule has 3 nitrogen and oxygen atoms in total. The summed E-state index contributed by atoms with van der Waals surface area (Å²) in [5.74, 6) is 0.491. The van der Waals surface area contributed by atoms with Crippen LogP contribution in [0.4, 0.5) is 4.39 Å². The number of carbonyl (C=O) groups is 1. The molecule has 0 N–H and O–H groups in total. The highest BCUT2D eigenvalue weighted by atomic mass is 32.1. The molecule has 0 saturated carbocycles. The Balaban J connectivity index is 1.75. The number of hydrogen-bond donors (Lipinski definition) is 0. The quantitative estimate of drug-likeness (QED) is 0.853. The summed E-state index contributed by atoms with van der Waals surface area (Å²) in [4.78, 5) is 17.9. The molecule has 3 rings (SSSR count). The second-order valence-corrected chi connectivity index (χ2v) is 7.74. The highest BCUT2D eigenvalue weighted by Crippen LogP contribution is 2.32. The van der Waals surface area contributed by atoms with E-state index in [0.717, 1.165) is 53.3 Å². The van der Waals surface area contributed by atoms with Gasteiger partial charge in [-0.3, -0.25) is 9.69 Å². The van der Waals surface area contributed by atoms with Gasteiger partial charge in [0, 0.05) is 37.4 Å². The molecule has 1 fully saturated rings. The molecule has 0 unspecified atom stereocenters. The Bertz CT molecular complexity index is 717. The molecular formula is C18H23FN2OS. The van der Waals surface area contributed by atoms with E-state index in [1.54, 1.807) is 6.07 Å². The molecule has 1 aromatic carbocycles. The second kappa shape index (κ2) is 6.57. The lowest BCUT2D eigenvalue weighted by Crippen LogP contribution is -2.49. The minimum absolute atomic E-state index is 0.0910. The van der Waals surface area contributed by atoms with Gasteiger partial charge >= 0.3 is 0 Å². The Hall–Kier alpha value is -1.46. The summed E-state index contributed by atoms with van der Waals surface area (Å²) in [5, 5.41) is 0.858. The van der Waals surface area contributed by atoms with E-state index in [2.05, 4.69) is 18.7 Å². The number of thiophene rings is 1. The van der Waals surface area contributed by atoms with Crippen molar-refractivity contribution >= 4 is 27.3 Å². The SMILES string of the molecule is Cc1c(C(=O)N2CCN(CC(C)C)CC2)sc2ccc(F)cc12. The Morgan fingerprint density at radius 3 is 2.61 bits per heavy atom. The molecule has 2 aromatic rings. The molecule has 1 aromatic heterocycles. The Kier molecular flexibility index (Phi) is 4.69. The van der Waals surface area contributed by atoms with Crippen molar-refractivity contribution in [1.29, 1.82) is 0 Å². The van der Waals surface area contributed by atoms with Crippen LogP contribution in [0.15, 0.2) is 18.2 Å². The molecule has 124 valence electrons. The lowest BCUT2D eigenvalue weighted by atomic mass is 10.1.